The number of likely N-dealkylation sites (N-methyl/N-ethyl adjacent to an activating group) is 1. The van der Waals surface area contributed by atoms with Crippen LogP contribution in [0.25, 0.3) is 11.5 Å². The number of nitrogens with zero attached hydrogens (tertiary/aromatic N) is 3. The van der Waals surface area contributed by atoms with Crippen LogP contribution in [0.4, 0.5) is 4.39 Å². The van der Waals surface area contributed by atoms with Crippen LogP contribution < -0.4 is 5.76 Å². The van der Waals surface area contributed by atoms with Crippen molar-refractivity contribution in [1.82, 2.24) is 14.7 Å². The average Bonchev–Trinajstić information content (AvgIpc) is 2.98. The summed E-state index contributed by atoms with van der Waals surface area (Å²) in [5.41, 5.74) is 3.76. The first-order chi connectivity index (χ1) is 12.8. The van der Waals surface area contributed by atoms with Crippen LogP contribution in [0.1, 0.15) is 16.7 Å². The Morgan fingerprint density at radius 3 is 2.56 bits per heavy atom. The van der Waals surface area contributed by atoms with Crippen molar-refractivity contribution >= 4 is 5.91 Å². The van der Waals surface area contributed by atoms with Gasteiger partial charge < -0.3 is 9.32 Å². The van der Waals surface area contributed by atoms with Gasteiger partial charge in [0.2, 0.25) is 11.8 Å². The van der Waals surface area contributed by atoms with Crippen LogP contribution in [0.2, 0.25) is 0 Å². The Bertz CT molecular complexity index is 1020. The van der Waals surface area contributed by atoms with Gasteiger partial charge in [-0.3, -0.25) is 4.79 Å². The molecule has 0 aliphatic rings. The predicted octanol–water partition coefficient (Wildman–Crippen LogP) is 2.92. The predicted molar refractivity (Wildman–Crippen MR) is 98.5 cm³/mol. The zero-order valence-electron chi connectivity index (χ0n) is 15.4. The number of aryl methyl sites for hydroxylation is 2. The third-order valence-corrected chi connectivity index (χ3v) is 4.31. The molecule has 1 heterocycles. The second-order valence-corrected chi connectivity index (χ2v) is 6.52. The Labute approximate surface area is 155 Å². The second kappa shape index (κ2) is 7.57. The molecule has 0 N–H and O–H groups in total. The van der Waals surface area contributed by atoms with Gasteiger partial charge in [0.1, 0.15) is 12.4 Å². The molecule has 6 nitrogen and oxygen atoms in total. The highest BCUT2D eigenvalue weighted by Gasteiger charge is 2.16. The van der Waals surface area contributed by atoms with E-state index in [1.54, 1.807) is 7.05 Å². The highest BCUT2D eigenvalue weighted by molar-refractivity contribution is 5.75. The van der Waals surface area contributed by atoms with Gasteiger partial charge in [0.15, 0.2) is 0 Å². The normalized spacial score (nSPS) is 10.8. The maximum atomic E-state index is 13.0. The molecule has 0 bridgehead atoms. The van der Waals surface area contributed by atoms with Crippen LogP contribution in [0.15, 0.2) is 51.7 Å². The van der Waals surface area contributed by atoms with Crippen molar-refractivity contribution in [3.63, 3.8) is 0 Å². The highest BCUT2D eigenvalue weighted by atomic mass is 19.1. The van der Waals surface area contributed by atoms with Crippen LogP contribution in [-0.4, -0.2) is 27.6 Å². The molecule has 0 spiro atoms. The van der Waals surface area contributed by atoms with Gasteiger partial charge in [-0.05, 0) is 49.2 Å². The zero-order valence-corrected chi connectivity index (χ0v) is 15.4. The monoisotopic (exact) mass is 369 g/mol. The lowest BCUT2D eigenvalue weighted by Gasteiger charge is -2.18. The molecule has 140 valence electrons. The molecule has 0 fully saturated rings. The van der Waals surface area contributed by atoms with Crippen molar-refractivity contribution < 1.29 is 13.6 Å². The quantitative estimate of drug-likeness (QED) is 0.693. The van der Waals surface area contributed by atoms with Crippen molar-refractivity contribution in [3.05, 3.63) is 75.5 Å². The van der Waals surface area contributed by atoms with Gasteiger partial charge in [0.05, 0.1) is 0 Å². The minimum atomic E-state index is -0.734. The molecule has 0 aliphatic carbocycles. The van der Waals surface area contributed by atoms with E-state index in [0.29, 0.717) is 12.1 Å². The third-order valence-electron chi connectivity index (χ3n) is 4.31. The van der Waals surface area contributed by atoms with E-state index in [4.69, 9.17) is 4.42 Å². The second-order valence-electron chi connectivity index (χ2n) is 6.52. The summed E-state index contributed by atoms with van der Waals surface area (Å²) in [6, 6.07) is 11.5. The van der Waals surface area contributed by atoms with Crippen LogP contribution in [-0.2, 0) is 17.9 Å². The lowest BCUT2D eigenvalue weighted by Crippen LogP contribution is -2.33. The summed E-state index contributed by atoms with van der Waals surface area (Å²) in [4.78, 5) is 26.0. The van der Waals surface area contributed by atoms with Crippen LogP contribution in [0.5, 0.6) is 0 Å². The minimum Gasteiger partial charge on any atom is -0.388 e. The van der Waals surface area contributed by atoms with E-state index in [-0.39, 0.29) is 18.3 Å². The Balaban J connectivity index is 1.72. The summed E-state index contributed by atoms with van der Waals surface area (Å²) in [6.07, 6.45) is 0. The summed E-state index contributed by atoms with van der Waals surface area (Å²) < 4.78 is 19.1. The summed E-state index contributed by atoms with van der Waals surface area (Å²) in [5, 5.41) is 4.04. The number of halogens is 1. The zero-order chi connectivity index (χ0) is 19.6. The number of amides is 1. The molecule has 0 saturated heterocycles. The first kappa shape index (κ1) is 18.6. The van der Waals surface area contributed by atoms with Crippen LogP contribution >= 0.6 is 0 Å². The number of hydrogen-bond acceptors (Lipinski definition) is 4. The van der Waals surface area contributed by atoms with Gasteiger partial charge in [0, 0.05) is 19.2 Å². The fourth-order valence-corrected chi connectivity index (χ4v) is 2.73. The lowest BCUT2D eigenvalue weighted by molar-refractivity contribution is -0.131. The van der Waals surface area contributed by atoms with E-state index < -0.39 is 11.6 Å². The lowest BCUT2D eigenvalue weighted by atomic mass is 10.1. The molecule has 1 aromatic heterocycles. The molecule has 2 aromatic carbocycles. The molecule has 0 saturated carbocycles. The van der Waals surface area contributed by atoms with Gasteiger partial charge in [0.25, 0.3) is 0 Å². The van der Waals surface area contributed by atoms with Crippen molar-refractivity contribution in [2.24, 2.45) is 0 Å². The van der Waals surface area contributed by atoms with Crippen LogP contribution in [0, 0.1) is 19.7 Å². The van der Waals surface area contributed by atoms with E-state index in [1.165, 1.54) is 29.2 Å². The van der Waals surface area contributed by atoms with E-state index in [2.05, 4.69) is 11.2 Å². The fourth-order valence-electron chi connectivity index (χ4n) is 2.73. The molecular weight excluding hydrogens is 349 g/mol. The Kier molecular flexibility index (Phi) is 5.21. The number of rotatable bonds is 5. The number of hydrogen-bond donors (Lipinski definition) is 0. The Hall–Kier alpha value is -3.22. The van der Waals surface area contributed by atoms with Crippen LogP contribution in [0.3, 0.4) is 0 Å². The average molecular weight is 369 g/mol. The molecule has 3 aromatic rings. The van der Waals surface area contributed by atoms with Crippen molar-refractivity contribution in [2.75, 3.05) is 7.05 Å². The summed E-state index contributed by atoms with van der Waals surface area (Å²) in [7, 11) is 1.67. The first-order valence-corrected chi connectivity index (χ1v) is 8.47. The fraction of sp³-hybridized carbons (Fsp3) is 0.250. The first-order valence-electron chi connectivity index (χ1n) is 8.47. The molecule has 0 aliphatic heterocycles. The Morgan fingerprint density at radius 2 is 1.89 bits per heavy atom. The highest BCUT2D eigenvalue weighted by Crippen LogP contribution is 2.16. The molecule has 0 radical (unpaired) electrons. The molecule has 3 rings (SSSR count). The number of carbonyl (C=O) groups is 1. The van der Waals surface area contributed by atoms with E-state index in [9.17, 15) is 14.0 Å². The summed E-state index contributed by atoms with van der Waals surface area (Å²) >= 11 is 0. The molecule has 7 heteroatoms. The molecule has 0 atom stereocenters. The molecule has 27 heavy (non-hydrogen) atoms. The smallest absolute Gasteiger partial charge is 0.388 e. The SMILES string of the molecule is Cc1ccc(CN(C)C(=O)Cn2nc(-c3ccc(F)cc3)oc2=O)c(C)c1. The standard InChI is InChI=1S/C20H20FN3O3/c1-13-4-5-16(14(2)10-13)11-23(3)18(25)12-24-20(26)27-19(22-24)15-6-8-17(21)9-7-15/h4-10H,11-12H2,1-3H3. The van der Waals surface area contributed by atoms with Gasteiger partial charge in [-0.25, -0.2) is 9.18 Å². The largest absolute Gasteiger partial charge is 0.437 e. The van der Waals surface area contributed by atoms with Crippen molar-refractivity contribution in [3.8, 4) is 11.5 Å². The molecule has 1 amide bonds. The molecule has 0 unspecified atom stereocenters. The maximum Gasteiger partial charge on any atom is 0.437 e. The third kappa shape index (κ3) is 4.31. The number of benzene rings is 2. The van der Waals surface area contributed by atoms with Gasteiger partial charge >= 0.3 is 5.76 Å². The summed E-state index contributed by atoms with van der Waals surface area (Å²) in [5.74, 6) is -1.35. The van der Waals surface area contributed by atoms with Gasteiger partial charge in [-0.15, -0.1) is 5.10 Å². The van der Waals surface area contributed by atoms with Crippen molar-refractivity contribution in [1.29, 1.82) is 0 Å². The topological polar surface area (TPSA) is 68.3 Å². The Morgan fingerprint density at radius 1 is 1.19 bits per heavy atom. The summed E-state index contributed by atoms with van der Waals surface area (Å²) in [6.45, 7) is 4.21. The number of aromatic nitrogens is 2. The maximum absolute atomic E-state index is 13.0. The van der Waals surface area contributed by atoms with E-state index >= 15 is 0 Å². The van der Waals surface area contributed by atoms with E-state index in [1.807, 2.05) is 26.0 Å². The number of carbonyl (C=O) groups excluding carboxylic acids is 1. The van der Waals surface area contributed by atoms with Crippen molar-refractivity contribution in [2.45, 2.75) is 26.9 Å². The molecular formula is C20H20FN3O3. The van der Waals surface area contributed by atoms with E-state index in [0.717, 1.165) is 21.4 Å². The van der Waals surface area contributed by atoms with Gasteiger partial charge in [-0.1, -0.05) is 23.8 Å². The van der Waals surface area contributed by atoms with Gasteiger partial charge in [-0.2, -0.15) is 4.68 Å². The minimum absolute atomic E-state index is 0.0461.